The van der Waals surface area contributed by atoms with Crippen LogP contribution in [0.1, 0.15) is 0 Å². The molecule has 21 heavy (non-hydrogen) atoms. The van der Waals surface area contributed by atoms with Crippen molar-refractivity contribution in [1.29, 1.82) is 0 Å². The molecule has 1 saturated heterocycles. The minimum atomic E-state index is -4.01. The van der Waals surface area contributed by atoms with Gasteiger partial charge >= 0.3 is 5.97 Å². The molecule has 9 nitrogen and oxygen atoms in total. The lowest BCUT2D eigenvalue weighted by molar-refractivity contribution is -0.384. The van der Waals surface area contributed by atoms with E-state index in [0.29, 0.717) is 6.54 Å². The fourth-order valence-corrected chi connectivity index (χ4v) is 3.64. The van der Waals surface area contributed by atoms with E-state index in [-0.39, 0.29) is 23.7 Å². The number of non-ortho nitro benzene ring substituents is 1. The van der Waals surface area contributed by atoms with Crippen molar-refractivity contribution in [3.05, 3.63) is 34.4 Å². The molecule has 1 unspecified atom stereocenters. The van der Waals surface area contributed by atoms with Crippen LogP contribution in [0.3, 0.4) is 0 Å². The van der Waals surface area contributed by atoms with Gasteiger partial charge in [0.2, 0.25) is 10.0 Å². The lowest BCUT2D eigenvalue weighted by Crippen LogP contribution is -2.56. The first-order valence-corrected chi connectivity index (χ1v) is 7.48. The van der Waals surface area contributed by atoms with Gasteiger partial charge in [-0.3, -0.25) is 14.9 Å². The zero-order valence-electron chi connectivity index (χ0n) is 10.8. The van der Waals surface area contributed by atoms with Gasteiger partial charge in [0, 0.05) is 31.8 Å². The number of nitro groups is 1. The second-order valence-corrected chi connectivity index (χ2v) is 6.32. The molecule has 0 bridgehead atoms. The highest BCUT2D eigenvalue weighted by Gasteiger charge is 2.37. The van der Waals surface area contributed by atoms with Gasteiger partial charge in [0.1, 0.15) is 6.04 Å². The van der Waals surface area contributed by atoms with E-state index in [2.05, 4.69) is 5.32 Å². The molecule has 0 saturated carbocycles. The van der Waals surface area contributed by atoms with Crippen molar-refractivity contribution in [3.8, 4) is 0 Å². The maximum atomic E-state index is 12.4. The maximum absolute atomic E-state index is 12.4. The second kappa shape index (κ2) is 5.76. The summed E-state index contributed by atoms with van der Waals surface area (Å²) in [6.45, 7) is 0.383. The number of aliphatic carboxylic acids is 1. The summed E-state index contributed by atoms with van der Waals surface area (Å²) in [5, 5.41) is 22.5. The number of hydrogen-bond acceptors (Lipinski definition) is 6. The van der Waals surface area contributed by atoms with Crippen LogP contribution in [-0.2, 0) is 14.8 Å². The molecule has 0 amide bonds. The van der Waals surface area contributed by atoms with Crippen LogP contribution in [0.5, 0.6) is 0 Å². The van der Waals surface area contributed by atoms with Crippen LogP contribution in [0, 0.1) is 10.1 Å². The molecular weight excluding hydrogens is 302 g/mol. The van der Waals surface area contributed by atoms with E-state index >= 15 is 0 Å². The minimum absolute atomic E-state index is 0.0154. The maximum Gasteiger partial charge on any atom is 0.323 e. The van der Waals surface area contributed by atoms with Gasteiger partial charge in [-0.15, -0.1) is 0 Å². The topological polar surface area (TPSA) is 130 Å². The molecule has 1 aromatic rings. The predicted molar refractivity (Wildman–Crippen MR) is 71.3 cm³/mol. The molecule has 0 radical (unpaired) electrons. The van der Waals surface area contributed by atoms with Crippen LogP contribution in [0.25, 0.3) is 0 Å². The highest BCUT2D eigenvalue weighted by atomic mass is 32.2. The number of nitro benzene ring substituents is 1. The van der Waals surface area contributed by atoms with Crippen molar-refractivity contribution in [2.75, 3.05) is 19.6 Å². The number of piperazine rings is 1. The number of carboxylic acid groups (broad SMARTS) is 1. The number of carboxylic acids is 1. The van der Waals surface area contributed by atoms with Crippen molar-refractivity contribution in [2.45, 2.75) is 10.9 Å². The first-order valence-electron chi connectivity index (χ1n) is 6.04. The third kappa shape index (κ3) is 3.01. The summed E-state index contributed by atoms with van der Waals surface area (Å²) in [5.74, 6) is -1.24. The number of sulfonamides is 1. The standard InChI is InChI=1S/C11H13N3O6S/c15-11(16)10-7-12-5-6-13(10)21(19,20)9-3-1-8(2-4-9)14(17)18/h1-4,10,12H,5-7H2,(H,15,16). The molecule has 1 aliphatic heterocycles. The molecule has 1 aromatic carbocycles. The Morgan fingerprint density at radius 1 is 1.38 bits per heavy atom. The number of nitrogens with one attached hydrogen (secondary N) is 1. The number of nitrogens with zero attached hydrogens (tertiary/aromatic N) is 2. The molecule has 2 N–H and O–H groups in total. The normalized spacial score (nSPS) is 20.1. The van der Waals surface area contributed by atoms with Crippen LogP contribution in [0.4, 0.5) is 5.69 Å². The Kier molecular flexibility index (Phi) is 4.21. The Bertz CT molecular complexity index is 657. The molecule has 0 aromatic heterocycles. The Hall–Kier alpha value is -2.04. The van der Waals surface area contributed by atoms with Crippen molar-refractivity contribution >= 4 is 21.7 Å². The van der Waals surface area contributed by atoms with Crippen LogP contribution >= 0.6 is 0 Å². The summed E-state index contributed by atoms with van der Waals surface area (Å²) in [5.41, 5.74) is -0.232. The van der Waals surface area contributed by atoms with E-state index in [1.54, 1.807) is 0 Å². The van der Waals surface area contributed by atoms with Gasteiger partial charge in [-0.2, -0.15) is 4.31 Å². The third-order valence-electron chi connectivity index (χ3n) is 3.13. The zero-order chi connectivity index (χ0) is 15.6. The van der Waals surface area contributed by atoms with E-state index in [9.17, 15) is 23.3 Å². The summed E-state index contributed by atoms with van der Waals surface area (Å²) in [4.78, 5) is 20.9. The average molecular weight is 315 g/mol. The molecule has 114 valence electrons. The van der Waals surface area contributed by atoms with Gasteiger partial charge in [0.05, 0.1) is 9.82 Å². The lowest BCUT2D eigenvalue weighted by atomic mass is 10.2. The number of hydrogen-bond donors (Lipinski definition) is 2. The Morgan fingerprint density at radius 3 is 2.52 bits per heavy atom. The summed E-state index contributed by atoms with van der Waals surface area (Å²) in [6.07, 6.45) is 0. The van der Waals surface area contributed by atoms with E-state index < -0.39 is 27.0 Å². The number of rotatable bonds is 4. The van der Waals surface area contributed by atoms with Crippen LogP contribution in [-0.4, -0.2) is 54.4 Å². The van der Waals surface area contributed by atoms with Crippen molar-refractivity contribution in [2.24, 2.45) is 0 Å². The Labute approximate surface area is 120 Å². The van der Waals surface area contributed by atoms with E-state index in [0.717, 1.165) is 28.6 Å². The summed E-state index contributed by atoms with van der Waals surface area (Å²) in [7, 11) is -4.01. The summed E-state index contributed by atoms with van der Waals surface area (Å²) < 4.78 is 25.8. The van der Waals surface area contributed by atoms with Gasteiger partial charge in [0.25, 0.3) is 5.69 Å². The molecule has 1 heterocycles. The second-order valence-electron chi connectivity index (χ2n) is 4.42. The highest BCUT2D eigenvalue weighted by molar-refractivity contribution is 7.89. The molecule has 2 rings (SSSR count). The number of benzene rings is 1. The first kappa shape index (κ1) is 15.4. The van der Waals surface area contributed by atoms with Crippen molar-refractivity contribution in [3.63, 3.8) is 0 Å². The molecule has 10 heteroatoms. The van der Waals surface area contributed by atoms with E-state index in [1.807, 2.05) is 0 Å². The van der Waals surface area contributed by atoms with E-state index in [4.69, 9.17) is 5.11 Å². The lowest BCUT2D eigenvalue weighted by Gasteiger charge is -2.32. The molecule has 0 spiro atoms. The average Bonchev–Trinajstić information content (AvgIpc) is 2.47. The van der Waals surface area contributed by atoms with Gasteiger partial charge in [0.15, 0.2) is 0 Å². The van der Waals surface area contributed by atoms with Crippen molar-refractivity contribution in [1.82, 2.24) is 9.62 Å². The smallest absolute Gasteiger partial charge is 0.323 e. The van der Waals surface area contributed by atoms with Gasteiger partial charge in [-0.25, -0.2) is 8.42 Å². The fraction of sp³-hybridized carbons (Fsp3) is 0.364. The predicted octanol–water partition coefficient (Wildman–Crippen LogP) is -0.358. The van der Waals surface area contributed by atoms with Crippen molar-refractivity contribution < 1.29 is 23.2 Å². The van der Waals surface area contributed by atoms with Gasteiger partial charge in [-0.1, -0.05) is 0 Å². The molecular formula is C11H13N3O6S. The molecule has 0 aliphatic carbocycles. The quantitative estimate of drug-likeness (QED) is 0.573. The fourth-order valence-electron chi connectivity index (χ4n) is 2.06. The Morgan fingerprint density at radius 2 is 2.00 bits per heavy atom. The van der Waals surface area contributed by atoms with Gasteiger partial charge < -0.3 is 10.4 Å². The Balaban J connectivity index is 2.35. The van der Waals surface area contributed by atoms with E-state index in [1.165, 1.54) is 0 Å². The SMILES string of the molecule is O=C(O)C1CNCCN1S(=O)(=O)c1ccc([N+](=O)[O-])cc1. The van der Waals surface area contributed by atoms with Crippen LogP contribution < -0.4 is 5.32 Å². The number of carbonyl (C=O) groups is 1. The van der Waals surface area contributed by atoms with Crippen LogP contribution in [0.15, 0.2) is 29.2 Å². The van der Waals surface area contributed by atoms with Gasteiger partial charge in [-0.05, 0) is 12.1 Å². The highest BCUT2D eigenvalue weighted by Crippen LogP contribution is 2.22. The largest absolute Gasteiger partial charge is 0.480 e. The molecule has 1 aliphatic rings. The minimum Gasteiger partial charge on any atom is -0.480 e. The molecule has 1 fully saturated rings. The zero-order valence-corrected chi connectivity index (χ0v) is 11.6. The van der Waals surface area contributed by atoms with Crippen LogP contribution in [0.2, 0.25) is 0 Å². The first-order chi connectivity index (χ1) is 9.84. The summed E-state index contributed by atoms with van der Waals surface area (Å²) in [6, 6.07) is 3.16. The molecule has 1 atom stereocenters. The monoisotopic (exact) mass is 315 g/mol. The third-order valence-corrected chi connectivity index (χ3v) is 5.06. The summed E-state index contributed by atoms with van der Waals surface area (Å²) >= 11 is 0.